The van der Waals surface area contributed by atoms with E-state index in [0.717, 1.165) is 0 Å². The number of rotatable bonds is 4. The number of carbonyl (C=O) groups excluding carboxylic acids is 3. The van der Waals surface area contributed by atoms with Gasteiger partial charge in [-0.3, -0.25) is 19.7 Å². The van der Waals surface area contributed by atoms with Gasteiger partial charge in [0.2, 0.25) is 5.91 Å². The van der Waals surface area contributed by atoms with Crippen LogP contribution in [0.25, 0.3) is 0 Å². The summed E-state index contributed by atoms with van der Waals surface area (Å²) in [6, 6.07) is 14.5. The van der Waals surface area contributed by atoms with Crippen molar-refractivity contribution in [3.05, 3.63) is 70.7 Å². The number of amides is 2. The van der Waals surface area contributed by atoms with E-state index in [0.29, 0.717) is 16.1 Å². The van der Waals surface area contributed by atoms with E-state index in [4.69, 9.17) is 11.6 Å². The minimum atomic E-state index is -0.635. The highest BCUT2D eigenvalue weighted by Gasteiger charge is 2.15. The van der Waals surface area contributed by atoms with Gasteiger partial charge in [0.25, 0.3) is 5.91 Å². The lowest BCUT2D eigenvalue weighted by Gasteiger charge is -2.04. The SMILES string of the molecule is O=C(CC(=O)c1ccc(Cl)cc1)NC(=O)c1ccccc1. The molecule has 0 fully saturated rings. The lowest BCUT2D eigenvalue weighted by atomic mass is 10.1. The molecule has 2 aromatic rings. The quantitative estimate of drug-likeness (QED) is 0.697. The Morgan fingerprint density at radius 3 is 2.10 bits per heavy atom. The molecule has 4 nitrogen and oxygen atoms in total. The van der Waals surface area contributed by atoms with Crippen LogP contribution >= 0.6 is 11.6 Å². The molecule has 0 heterocycles. The number of benzene rings is 2. The van der Waals surface area contributed by atoms with Crippen LogP contribution in [0.1, 0.15) is 27.1 Å². The van der Waals surface area contributed by atoms with E-state index in [-0.39, 0.29) is 12.2 Å². The van der Waals surface area contributed by atoms with E-state index in [1.807, 2.05) is 0 Å². The molecule has 0 spiro atoms. The van der Waals surface area contributed by atoms with Crippen LogP contribution in [0.5, 0.6) is 0 Å². The average molecular weight is 302 g/mol. The Labute approximate surface area is 126 Å². The Morgan fingerprint density at radius 1 is 0.857 bits per heavy atom. The molecule has 0 aliphatic heterocycles. The topological polar surface area (TPSA) is 63.2 Å². The van der Waals surface area contributed by atoms with Crippen LogP contribution < -0.4 is 5.32 Å². The highest BCUT2D eigenvalue weighted by Crippen LogP contribution is 2.11. The van der Waals surface area contributed by atoms with E-state index in [1.165, 1.54) is 12.1 Å². The summed E-state index contributed by atoms with van der Waals surface area (Å²) in [6.07, 6.45) is -0.389. The Bertz CT molecular complexity index is 666. The number of Topliss-reactive ketones (excluding diaryl/α,β-unsaturated/α-hetero) is 1. The van der Waals surface area contributed by atoms with Crippen molar-refractivity contribution in [1.82, 2.24) is 5.32 Å². The summed E-state index contributed by atoms with van der Waals surface area (Å²) in [7, 11) is 0. The summed E-state index contributed by atoms with van der Waals surface area (Å²) in [5.41, 5.74) is 0.742. The highest BCUT2D eigenvalue weighted by molar-refractivity contribution is 6.30. The van der Waals surface area contributed by atoms with Gasteiger partial charge in [-0.15, -0.1) is 0 Å². The fourth-order valence-electron chi connectivity index (χ4n) is 1.72. The first kappa shape index (κ1) is 14.9. The Hall–Kier alpha value is -2.46. The Balaban J connectivity index is 1.94. The second-order valence-electron chi connectivity index (χ2n) is 4.35. The predicted octanol–water partition coefficient (Wildman–Crippen LogP) is 2.87. The first-order valence-electron chi connectivity index (χ1n) is 6.24. The van der Waals surface area contributed by atoms with Gasteiger partial charge in [0, 0.05) is 16.1 Å². The third-order valence-electron chi connectivity index (χ3n) is 2.78. The van der Waals surface area contributed by atoms with Crippen LogP contribution in [0.2, 0.25) is 5.02 Å². The van der Waals surface area contributed by atoms with Gasteiger partial charge in [0.15, 0.2) is 5.78 Å². The van der Waals surface area contributed by atoms with Gasteiger partial charge < -0.3 is 0 Å². The summed E-state index contributed by atoms with van der Waals surface area (Å²) >= 11 is 5.72. The van der Waals surface area contributed by atoms with Crippen molar-refractivity contribution in [2.45, 2.75) is 6.42 Å². The van der Waals surface area contributed by atoms with Crippen molar-refractivity contribution in [3.63, 3.8) is 0 Å². The van der Waals surface area contributed by atoms with Gasteiger partial charge in [-0.1, -0.05) is 29.8 Å². The van der Waals surface area contributed by atoms with Crippen LogP contribution in [-0.2, 0) is 4.79 Å². The number of hydrogen-bond donors (Lipinski definition) is 1. The maximum absolute atomic E-state index is 11.9. The van der Waals surface area contributed by atoms with Gasteiger partial charge in [-0.2, -0.15) is 0 Å². The molecule has 21 heavy (non-hydrogen) atoms. The summed E-state index contributed by atoms with van der Waals surface area (Å²) in [5.74, 6) is -1.53. The first-order chi connectivity index (χ1) is 10.1. The molecule has 2 amide bonds. The summed E-state index contributed by atoms with van der Waals surface area (Å²) < 4.78 is 0. The minimum absolute atomic E-state index is 0.366. The molecular weight excluding hydrogens is 290 g/mol. The van der Waals surface area contributed by atoms with E-state index >= 15 is 0 Å². The number of imide groups is 1. The second kappa shape index (κ2) is 6.81. The molecule has 0 saturated carbocycles. The van der Waals surface area contributed by atoms with E-state index in [9.17, 15) is 14.4 Å². The third kappa shape index (κ3) is 4.26. The summed E-state index contributed by atoms with van der Waals surface area (Å²) in [6.45, 7) is 0. The zero-order chi connectivity index (χ0) is 15.2. The largest absolute Gasteiger partial charge is 0.294 e. The van der Waals surface area contributed by atoms with E-state index < -0.39 is 11.8 Å². The first-order valence-corrected chi connectivity index (χ1v) is 6.62. The van der Waals surface area contributed by atoms with Crippen molar-refractivity contribution in [3.8, 4) is 0 Å². The fourth-order valence-corrected chi connectivity index (χ4v) is 1.84. The maximum atomic E-state index is 11.9. The average Bonchev–Trinajstić information content (AvgIpc) is 2.48. The zero-order valence-corrected chi connectivity index (χ0v) is 11.8. The van der Waals surface area contributed by atoms with Crippen molar-refractivity contribution >= 4 is 29.2 Å². The van der Waals surface area contributed by atoms with Gasteiger partial charge in [0.1, 0.15) is 0 Å². The molecule has 0 unspecified atom stereocenters. The lowest BCUT2D eigenvalue weighted by molar-refractivity contribution is -0.119. The van der Waals surface area contributed by atoms with Gasteiger partial charge in [0.05, 0.1) is 6.42 Å². The van der Waals surface area contributed by atoms with Crippen LogP contribution in [0.3, 0.4) is 0 Å². The standard InChI is InChI=1S/C16H12ClNO3/c17-13-8-6-11(7-9-13)14(19)10-15(20)18-16(21)12-4-2-1-3-5-12/h1-9H,10H2,(H,18,20,21). The van der Waals surface area contributed by atoms with Gasteiger partial charge in [-0.05, 0) is 36.4 Å². The second-order valence-corrected chi connectivity index (χ2v) is 4.79. The van der Waals surface area contributed by atoms with E-state index in [1.54, 1.807) is 42.5 Å². The number of ketones is 1. The van der Waals surface area contributed by atoms with Crippen molar-refractivity contribution in [1.29, 1.82) is 0 Å². The molecule has 0 bridgehead atoms. The molecule has 0 aliphatic rings. The van der Waals surface area contributed by atoms with Crippen molar-refractivity contribution in [2.75, 3.05) is 0 Å². The Morgan fingerprint density at radius 2 is 1.48 bits per heavy atom. The smallest absolute Gasteiger partial charge is 0.257 e. The number of nitrogens with one attached hydrogen (secondary N) is 1. The predicted molar refractivity (Wildman–Crippen MR) is 79.3 cm³/mol. The molecular formula is C16H12ClNO3. The lowest BCUT2D eigenvalue weighted by Crippen LogP contribution is -2.31. The van der Waals surface area contributed by atoms with Crippen LogP contribution in [0, 0.1) is 0 Å². The summed E-state index contributed by atoms with van der Waals surface area (Å²) in [4.78, 5) is 35.3. The number of hydrogen-bond acceptors (Lipinski definition) is 3. The van der Waals surface area contributed by atoms with Crippen LogP contribution in [0.4, 0.5) is 0 Å². The number of carbonyl (C=O) groups is 3. The Kier molecular flexibility index (Phi) is 4.85. The van der Waals surface area contributed by atoms with Gasteiger partial charge in [-0.25, -0.2) is 0 Å². The van der Waals surface area contributed by atoms with Crippen LogP contribution in [-0.4, -0.2) is 17.6 Å². The molecule has 0 saturated heterocycles. The molecule has 106 valence electrons. The minimum Gasteiger partial charge on any atom is -0.294 e. The normalized spacial score (nSPS) is 9.95. The van der Waals surface area contributed by atoms with E-state index in [2.05, 4.69) is 5.32 Å². The molecule has 1 N–H and O–H groups in total. The highest BCUT2D eigenvalue weighted by atomic mass is 35.5. The molecule has 0 aliphatic carbocycles. The maximum Gasteiger partial charge on any atom is 0.257 e. The van der Waals surface area contributed by atoms with Crippen molar-refractivity contribution in [2.24, 2.45) is 0 Å². The van der Waals surface area contributed by atoms with Crippen molar-refractivity contribution < 1.29 is 14.4 Å². The van der Waals surface area contributed by atoms with Crippen LogP contribution in [0.15, 0.2) is 54.6 Å². The molecule has 2 aromatic carbocycles. The monoisotopic (exact) mass is 301 g/mol. The molecule has 2 rings (SSSR count). The third-order valence-corrected chi connectivity index (χ3v) is 3.03. The molecule has 0 radical (unpaired) electrons. The zero-order valence-electron chi connectivity index (χ0n) is 11.0. The number of halogens is 1. The molecule has 5 heteroatoms. The summed E-state index contributed by atoms with van der Waals surface area (Å²) in [5, 5.41) is 2.69. The molecule has 0 aromatic heterocycles. The fraction of sp³-hybridized carbons (Fsp3) is 0.0625. The van der Waals surface area contributed by atoms with Gasteiger partial charge >= 0.3 is 0 Å². The molecule has 0 atom stereocenters.